The van der Waals surface area contributed by atoms with E-state index in [1.54, 1.807) is 12.1 Å². The number of aliphatic carboxylic acids is 1. The van der Waals surface area contributed by atoms with Gasteiger partial charge in [0.1, 0.15) is 5.75 Å². The lowest BCUT2D eigenvalue weighted by Crippen LogP contribution is -1.96. The number of aromatic nitrogens is 1. The van der Waals surface area contributed by atoms with Crippen molar-refractivity contribution in [3.05, 3.63) is 54.6 Å². The fourth-order valence-electron chi connectivity index (χ4n) is 2.09. The van der Waals surface area contributed by atoms with Gasteiger partial charge in [-0.2, -0.15) is 0 Å². The lowest BCUT2D eigenvalue weighted by atomic mass is 10.1. The predicted molar refractivity (Wildman–Crippen MR) is 93.0 cm³/mol. The van der Waals surface area contributed by atoms with E-state index in [-0.39, 0.29) is 11.5 Å². The minimum absolute atomic E-state index is 0.0171. The van der Waals surface area contributed by atoms with E-state index in [9.17, 15) is 9.90 Å². The molecule has 3 aromatic rings. The second kappa shape index (κ2) is 6.85. The molecular weight excluding hydrogens is 330 g/mol. The van der Waals surface area contributed by atoms with Crippen LogP contribution in [0.2, 0.25) is 0 Å². The molecule has 2 aromatic carbocycles. The van der Waals surface area contributed by atoms with Gasteiger partial charge < -0.3 is 10.2 Å². The zero-order valence-electron chi connectivity index (χ0n) is 12.0. The maximum atomic E-state index is 10.8. The third-order valence-corrected chi connectivity index (χ3v) is 5.34. The van der Waals surface area contributed by atoms with Gasteiger partial charge in [0.15, 0.2) is 4.34 Å². The Morgan fingerprint density at radius 2 is 1.74 bits per heavy atom. The molecule has 6 heteroatoms. The molecule has 3 rings (SSSR count). The molecule has 0 unspecified atom stereocenters. The summed E-state index contributed by atoms with van der Waals surface area (Å²) in [6, 6.07) is 16.7. The highest BCUT2D eigenvalue weighted by Crippen LogP contribution is 2.40. The Kier molecular flexibility index (Phi) is 4.64. The number of carbonyl (C=O) groups is 1. The van der Waals surface area contributed by atoms with Crippen molar-refractivity contribution in [2.45, 2.75) is 4.34 Å². The second-order valence-corrected chi connectivity index (χ2v) is 6.97. The van der Waals surface area contributed by atoms with Crippen molar-refractivity contribution in [1.29, 1.82) is 0 Å². The lowest BCUT2D eigenvalue weighted by molar-refractivity contribution is -0.133. The van der Waals surface area contributed by atoms with Crippen molar-refractivity contribution in [2.24, 2.45) is 0 Å². The number of benzene rings is 2. The summed E-state index contributed by atoms with van der Waals surface area (Å²) in [5.41, 5.74) is 2.75. The Labute approximate surface area is 141 Å². The number of thiazole rings is 1. The number of phenols is 1. The molecule has 0 saturated heterocycles. The highest BCUT2D eigenvalue weighted by molar-refractivity contribution is 8.01. The van der Waals surface area contributed by atoms with E-state index in [1.165, 1.54) is 23.1 Å². The van der Waals surface area contributed by atoms with Crippen LogP contribution < -0.4 is 0 Å². The van der Waals surface area contributed by atoms with Crippen LogP contribution >= 0.6 is 23.1 Å². The average Bonchev–Trinajstić information content (AvgIpc) is 2.99. The Morgan fingerprint density at radius 3 is 2.39 bits per heavy atom. The summed E-state index contributed by atoms with van der Waals surface area (Å²) in [4.78, 5) is 16.3. The zero-order valence-corrected chi connectivity index (χ0v) is 13.6. The SMILES string of the molecule is O=C(O)CSc1nc(-c2ccccc2)c(-c2ccc(O)cc2)s1. The Morgan fingerprint density at radius 1 is 1.04 bits per heavy atom. The van der Waals surface area contributed by atoms with Gasteiger partial charge in [0.2, 0.25) is 0 Å². The lowest BCUT2D eigenvalue weighted by Gasteiger charge is -2.02. The molecule has 0 bridgehead atoms. The molecular formula is C17H13NO3S2. The number of aromatic hydroxyl groups is 1. The maximum absolute atomic E-state index is 10.8. The van der Waals surface area contributed by atoms with Crippen LogP contribution in [0.4, 0.5) is 0 Å². The van der Waals surface area contributed by atoms with E-state index in [2.05, 4.69) is 4.98 Å². The number of hydrogen-bond donors (Lipinski definition) is 2. The standard InChI is InChI=1S/C17H13NO3S2/c19-13-8-6-12(7-9-13)16-15(11-4-2-1-3-5-11)18-17(23-16)22-10-14(20)21/h1-9,19H,10H2,(H,20,21). The summed E-state index contributed by atoms with van der Waals surface area (Å²) in [7, 11) is 0. The van der Waals surface area contributed by atoms with Crippen LogP contribution in [0.3, 0.4) is 0 Å². The summed E-state index contributed by atoms with van der Waals surface area (Å²) >= 11 is 2.68. The minimum Gasteiger partial charge on any atom is -0.508 e. The van der Waals surface area contributed by atoms with Crippen LogP contribution in [0.5, 0.6) is 5.75 Å². The first-order valence-corrected chi connectivity index (χ1v) is 8.64. The zero-order chi connectivity index (χ0) is 16.2. The Hall–Kier alpha value is -2.31. The third kappa shape index (κ3) is 3.72. The average molecular weight is 343 g/mol. The van der Waals surface area contributed by atoms with Crippen LogP contribution in [0, 0.1) is 0 Å². The second-order valence-electron chi connectivity index (χ2n) is 4.75. The van der Waals surface area contributed by atoms with E-state index >= 15 is 0 Å². The summed E-state index contributed by atoms with van der Waals surface area (Å²) in [5.74, 6) is -0.672. The number of carboxylic acids is 1. The van der Waals surface area contributed by atoms with E-state index in [1.807, 2.05) is 42.5 Å². The monoisotopic (exact) mass is 343 g/mol. The maximum Gasteiger partial charge on any atom is 0.313 e. The molecule has 0 saturated carbocycles. The predicted octanol–water partition coefficient (Wildman–Crippen LogP) is 4.36. The van der Waals surface area contributed by atoms with Gasteiger partial charge in [0.05, 0.1) is 16.3 Å². The summed E-state index contributed by atoms with van der Waals surface area (Å²) < 4.78 is 0.717. The number of carboxylic acid groups (broad SMARTS) is 1. The molecule has 1 heterocycles. The fraction of sp³-hybridized carbons (Fsp3) is 0.0588. The number of thioether (sulfide) groups is 1. The summed E-state index contributed by atoms with van der Waals surface area (Å²) in [6.45, 7) is 0. The molecule has 0 amide bonds. The van der Waals surface area contributed by atoms with Crippen LogP contribution in [0.1, 0.15) is 0 Å². The molecule has 0 aliphatic rings. The van der Waals surface area contributed by atoms with Crippen LogP contribution in [-0.4, -0.2) is 26.9 Å². The van der Waals surface area contributed by atoms with Gasteiger partial charge in [0, 0.05) is 5.56 Å². The molecule has 1 aromatic heterocycles. The summed E-state index contributed by atoms with van der Waals surface area (Å²) in [5, 5.41) is 18.3. The van der Waals surface area contributed by atoms with E-state index < -0.39 is 5.97 Å². The summed E-state index contributed by atoms with van der Waals surface area (Å²) in [6.07, 6.45) is 0. The quantitative estimate of drug-likeness (QED) is 0.674. The number of rotatable bonds is 5. The van der Waals surface area contributed by atoms with Gasteiger partial charge in [-0.3, -0.25) is 4.79 Å². The largest absolute Gasteiger partial charge is 0.508 e. The first-order chi connectivity index (χ1) is 11.1. The van der Waals surface area contributed by atoms with E-state index in [0.29, 0.717) is 4.34 Å². The number of nitrogens with zero attached hydrogens (tertiary/aromatic N) is 1. The smallest absolute Gasteiger partial charge is 0.313 e. The normalized spacial score (nSPS) is 10.6. The first-order valence-electron chi connectivity index (χ1n) is 6.84. The van der Waals surface area contributed by atoms with Gasteiger partial charge in [-0.05, 0) is 29.8 Å². The number of hydrogen-bond acceptors (Lipinski definition) is 5. The van der Waals surface area contributed by atoms with E-state index in [4.69, 9.17) is 5.11 Å². The number of phenolic OH excluding ortho intramolecular Hbond substituents is 1. The Balaban J connectivity index is 2.05. The fourth-order valence-corrected chi connectivity index (χ4v) is 3.98. The van der Waals surface area contributed by atoms with Crippen molar-refractivity contribution >= 4 is 29.1 Å². The highest BCUT2D eigenvalue weighted by atomic mass is 32.2. The van der Waals surface area contributed by atoms with Gasteiger partial charge in [-0.25, -0.2) is 4.98 Å². The van der Waals surface area contributed by atoms with Crippen LogP contribution in [0.15, 0.2) is 58.9 Å². The first kappa shape index (κ1) is 15.6. The molecule has 0 fully saturated rings. The molecule has 2 N–H and O–H groups in total. The van der Waals surface area contributed by atoms with Gasteiger partial charge in [0.25, 0.3) is 0 Å². The minimum atomic E-state index is -0.863. The van der Waals surface area contributed by atoms with Crippen LogP contribution in [-0.2, 0) is 4.79 Å². The van der Waals surface area contributed by atoms with Crippen molar-refractivity contribution in [3.63, 3.8) is 0 Å². The topological polar surface area (TPSA) is 70.4 Å². The molecule has 116 valence electrons. The van der Waals surface area contributed by atoms with Crippen molar-refractivity contribution in [2.75, 3.05) is 5.75 Å². The van der Waals surface area contributed by atoms with Gasteiger partial charge >= 0.3 is 5.97 Å². The van der Waals surface area contributed by atoms with Crippen molar-refractivity contribution in [1.82, 2.24) is 4.98 Å². The highest BCUT2D eigenvalue weighted by Gasteiger charge is 2.16. The van der Waals surface area contributed by atoms with Gasteiger partial charge in [-0.1, -0.05) is 42.1 Å². The molecule has 0 aliphatic carbocycles. The van der Waals surface area contributed by atoms with Crippen LogP contribution in [0.25, 0.3) is 21.7 Å². The Bertz CT molecular complexity index is 814. The van der Waals surface area contributed by atoms with Crippen molar-refractivity contribution in [3.8, 4) is 27.4 Å². The third-order valence-electron chi connectivity index (χ3n) is 3.10. The van der Waals surface area contributed by atoms with Gasteiger partial charge in [-0.15, -0.1) is 11.3 Å². The van der Waals surface area contributed by atoms with E-state index in [0.717, 1.165) is 21.7 Å². The van der Waals surface area contributed by atoms with Crippen molar-refractivity contribution < 1.29 is 15.0 Å². The molecule has 0 spiro atoms. The molecule has 0 atom stereocenters. The molecule has 0 radical (unpaired) electrons. The molecule has 0 aliphatic heterocycles. The molecule has 4 nitrogen and oxygen atoms in total. The molecule has 23 heavy (non-hydrogen) atoms.